The molecule has 0 radical (unpaired) electrons. The number of carbonyl (C=O) groups excluding carboxylic acids is 2. The fourth-order valence-corrected chi connectivity index (χ4v) is 5.26. The Morgan fingerprint density at radius 1 is 1.14 bits per heavy atom. The molecule has 190 valence electrons. The van der Waals surface area contributed by atoms with Crippen LogP contribution in [-0.2, 0) is 11.8 Å². The highest BCUT2D eigenvalue weighted by molar-refractivity contribution is 6.08. The smallest absolute Gasteiger partial charge is 0.278 e. The molecule has 1 aliphatic heterocycles. The number of aromatic nitrogens is 6. The van der Waals surface area contributed by atoms with Crippen molar-refractivity contribution < 1.29 is 14.0 Å². The van der Waals surface area contributed by atoms with Gasteiger partial charge in [0.15, 0.2) is 5.69 Å². The van der Waals surface area contributed by atoms with Gasteiger partial charge in [-0.3, -0.25) is 24.2 Å². The van der Waals surface area contributed by atoms with Gasteiger partial charge in [-0.05, 0) is 31.9 Å². The quantitative estimate of drug-likeness (QED) is 0.414. The van der Waals surface area contributed by atoms with Gasteiger partial charge in [0.1, 0.15) is 6.17 Å². The first kappa shape index (κ1) is 23.2. The minimum Gasteiger partial charge on any atom is -0.324 e. The second-order valence-electron chi connectivity index (χ2n) is 10.1. The van der Waals surface area contributed by atoms with Crippen molar-refractivity contribution in [1.29, 1.82) is 0 Å². The molecule has 12 heteroatoms. The Labute approximate surface area is 211 Å². The number of nitrogens with zero attached hydrogens (tertiary/aromatic N) is 7. The number of nitrogens with one attached hydrogen (secondary N) is 2. The van der Waals surface area contributed by atoms with Crippen LogP contribution in [0.2, 0.25) is 0 Å². The first-order valence-electron chi connectivity index (χ1n) is 12.1. The molecule has 4 aromatic rings. The fraction of sp³-hybridized carbons (Fsp3) is 0.360. The van der Waals surface area contributed by atoms with Crippen molar-refractivity contribution in [2.45, 2.75) is 25.9 Å². The largest absolute Gasteiger partial charge is 0.324 e. The van der Waals surface area contributed by atoms with Crippen molar-refractivity contribution >= 4 is 28.7 Å². The lowest BCUT2D eigenvalue weighted by atomic mass is 9.62. The summed E-state index contributed by atoms with van der Waals surface area (Å²) < 4.78 is 16.4. The van der Waals surface area contributed by atoms with Gasteiger partial charge in [-0.15, -0.1) is 5.10 Å². The molecule has 0 unspecified atom stereocenters. The zero-order valence-corrected chi connectivity index (χ0v) is 20.5. The summed E-state index contributed by atoms with van der Waals surface area (Å²) in [5, 5.41) is 18.0. The van der Waals surface area contributed by atoms with E-state index < -0.39 is 12.1 Å². The fourth-order valence-electron chi connectivity index (χ4n) is 5.26. The number of rotatable bonds is 6. The highest BCUT2D eigenvalue weighted by Gasteiger charge is 2.52. The Bertz CT molecular complexity index is 1510. The molecule has 6 rings (SSSR count). The molecular formula is C25H26FN9O2. The van der Waals surface area contributed by atoms with Gasteiger partial charge in [0.05, 0.1) is 41.5 Å². The van der Waals surface area contributed by atoms with Crippen molar-refractivity contribution in [3.63, 3.8) is 0 Å². The van der Waals surface area contributed by atoms with E-state index in [1.165, 1.54) is 0 Å². The molecule has 2 fully saturated rings. The Balaban J connectivity index is 1.11. The molecule has 0 aromatic carbocycles. The van der Waals surface area contributed by atoms with Crippen LogP contribution in [0.15, 0.2) is 43.0 Å². The van der Waals surface area contributed by atoms with Gasteiger partial charge in [-0.2, -0.15) is 5.10 Å². The molecule has 0 bridgehead atoms. The number of carbonyl (C=O) groups is 2. The number of halogens is 1. The highest BCUT2D eigenvalue weighted by atomic mass is 19.1. The predicted molar refractivity (Wildman–Crippen MR) is 134 cm³/mol. The topological polar surface area (TPSA) is 122 Å². The molecule has 2 aliphatic rings. The minimum atomic E-state index is -0.691. The lowest BCUT2D eigenvalue weighted by molar-refractivity contribution is -0.129. The van der Waals surface area contributed by atoms with Gasteiger partial charge in [0.25, 0.3) is 5.91 Å². The van der Waals surface area contributed by atoms with Gasteiger partial charge in [-0.1, -0.05) is 11.3 Å². The predicted octanol–water partition coefficient (Wildman–Crippen LogP) is 2.46. The van der Waals surface area contributed by atoms with Crippen molar-refractivity contribution in [3.05, 3.63) is 54.4 Å². The number of hydrogen-bond acceptors (Lipinski definition) is 7. The summed E-state index contributed by atoms with van der Waals surface area (Å²) in [5.74, 6) is -0.613. The van der Waals surface area contributed by atoms with Crippen LogP contribution in [-0.4, -0.2) is 72.1 Å². The second kappa shape index (κ2) is 8.73. The molecule has 37 heavy (non-hydrogen) atoms. The normalized spacial score (nSPS) is 16.9. The third-order valence-corrected chi connectivity index (χ3v) is 7.08. The number of aryl methyl sites for hydroxylation is 2. The van der Waals surface area contributed by atoms with Crippen LogP contribution in [0.4, 0.5) is 15.8 Å². The van der Waals surface area contributed by atoms with Crippen LogP contribution in [0.3, 0.4) is 0 Å². The molecule has 0 atom stereocenters. The van der Waals surface area contributed by atoms with Crippen LogP contribution in [0.5, 0.6) is 0 Å². The van der Waals surface area contributed by atoms with E-state index in [4.69, 9.17) is 0 Å². The maximum atomic E-state index is 13.2. The second-order valence-corrected chi connectivity index (χ2v) is 10.1. The molecule has 1 saturated carbocycles. The van der Waals surface area contributed by atoms with Crippen LogP contribution in [0.25, 0.3) is 16.6 Å². The number of anilines is 2. The van der Waals surface area contributed by atoms with Crippen LogP contribution >= 0.6 is 0 Å². The first-order valence-corrected chi connectivity index (χ1v) is 12.1. The molecule has 4 aromatic heterocycles. The van der Waals surface area contributed by atoms with Crippen LogP contribution < -0.4 is 10.6 Å². The Kier molecular flexibility index (Phi) is 5.48. The number of likely N-dealkylation sites (tertiary alicyclic amines) is 1. The van der Waals surface area contributed by atoms with Crippen molar-refractivity contribution in [2.24, 2.45) is 12.5 Å². The molecule has 1 aliphatic carbocycles. The van der Waals surface area contributed by atoms with Gasteiger partial charge < -0.3 is 10.6 Å². The molecular weight excluding hydrogens is 477 g/mol. The standard InChI is InChI=1S/C25H26FN9O2/c1-15-20(5-19(9-27-15)29-22(36)12-34-13-25(14-34)6-18(26)7-25)30-24(37)23-21-4-3-16(11-35(21)32-31-23)17-8-28-33(2)10-17/h3-5,8-11,18H,6-7,12-14H2,1-2H3,(H,29,36)(H,30,37). The molecule has 2 amide bonds. The number of amides is 2. The summed E-state index contributed by atoms with van der Waals surface area (Å²) in [6.45, 7) is 3.51. The highest BCUT2D eigenvalue weighted by Crippen LogP contribution is 2.49. The van der Waals surface area contributed by atoms with E-state index in [1.807, 2.05) is 24.2 Å². The lowest BCUT2D eigenvalue weighted by Gasteiger charge is -2.57. The monoisotopic (exact) mass is 503 g/mol. The average Bonchev–Trinajstić information content (AvgIpc) is 3.44. The minimum absolute atomic E-state index is 0.0784. The van der Waals surface area contributed by atoms with Crippen LogP contribution in [0.1, 0.15) is 29.0 Å². The van der Waals surface area contributed by atoms with Crippen molar-refractivity contribution in [1.82, 2.24) is 34.5 Å². The van der Waals surface area contributed by atoms with Gasteiger partial charge >= 0.3 is 0 Å². The zero-order valence-electron chi connectivity index (χ0n) is 20.5. The van der Waals surface area contributed by atoms with E-state index in [0.29, 0.717) is 35.4 Å². The van der Waals surface area contributed by atoms with E-state index in [1.54, 1.807) is 46.8 Å². The summed E-state index contributed by atoms with van der Waals surface area (Å²) in [7, 11) is 1.84. The van der Waals surface area contributed by atoms with E-state index >= 15 is 0 Å². The van der Waals surface area contributed by atoms with Gasteiger partial charge in [0.2, 0.25) is 5.91 Å². The number of alkyl halides is 1. The Morgan fingerprint density at radius 3 is 2.68 bits per heavy atom. The first-order chi connectivity index (χ1) is 17.8. The number of fused-ring (bicyclic) bond motifs is 1. The molecule has 5 heterocycles. The van der Waals surface area contributed by atoms with Gasteiger partial charge in [-0.25, -0.2) is 8.91 Å². The van der Waals surface area contributed by atoms with E-state index in [9.17, 15) is 14.0 Å². The summed E-state index contributed by atoms with van der Waals surface area (Å²) in [6.07, 6.45) is 7.49. The van der Waals surface area contributed by atoms with Crippen molar-refractivity contribution in [2.75, 3.05) is 30.3 Å². The SMILES string of the molecule is Cc1ncc(NC(=O)CN2CC3(CC(F)C3)C2)cc1NC(=O)c1nnn2cc(-c3cnn(C)c3)ccc12. The van der Waals surface area contributed by atoms with E-state index in [-0.39, 0.29) is 23.6 Å². The lowest BCUT2D eigenvalue weighted by Crippen LogP contribution is -2.63. The average molecular weight is 504 g/mol. The maximum Gasteiger partial charge on any atom is 0.278 e. The summed E-state index contributed by atoms with van der Waals surface area (Å²) >= 11 is 0. The van der Waals surface area contributed by atoms with Gasteiger partial charge in [0, 0.05) is 49.1 Å². The summed E-state index contributed by atoms with van der Waals surface area (Å²) in [5.41, 5.74) is 4.16. The molecule has 11 nitrogen and oxygen atoms in total. The van der Waals surface area contributed by atoms with E-state index in [0.717, 1.165) is 24.2 Å². The Hall–Kier alpha value is -4.19. The number of hydrogen-bond donors (Lipinski definition) is 2. The molecule has 2 N–H and O–H groups in total. The third-order valence-electron chi connectivity index (χ3n) is 7.08. The zero-order chi connectivity index (χ0) is 25.7. The summed E-state index contributed by atoms with van der Waals surface area (Å²) in [6, 6.07) is 5.34. The van der Waals surface area contributed by atoms with Crippen LogP contribution in [0, 0.1) is 12.3 Å². The Morgan fingerprint density at radius 2 is 1.95 bits per heavy atom. The molecule has 1 spiro atoms. The number of pyridine rings is 2. The van der Waals surface area contributed by atoms with E-state index in [2.05, 4.69) is 31.0 Å². The maximum absolute atomic E-state index is 13.2. The third kappa shape index (κ3) is 4.44. The summed E-state index contributed by atoms with van der Waals surface area (Å²) in [4.78, 5) is 31.9. The van der Waals surface area contributed by atoms with Crippen molar-refractivity contribution in [3.8, 4) is 11.1 Å². The molecule has 1 saturated heterocycles.